The van der Waals surface area contributed by atoms with Gasteiger partial charge >= 0.3 is 5.97 Å². The predicted octanol–water partition coefficient (Wildman–Crippen LogP) is 4.74. The molecular weight excluding hydrogens is 656 g/mol. The Kier molecular flexibility index (Phi) is 10.1. The second kappa shape index (κ2) is 13.6. The fourth-order valence-electron chi connectivity index (χ4n) is 7.99. The summed E-state index contributed by atoms with van der Waals surface area (Å²) in [6.45, 7) is 7.72. The first kappa shape index (κ1) is 33.6. The van der Waals surface area contributed by atoms with Crippen LogP contribution in [0, 0.1) is 5.92 Å². The maximum Gasteiger partial charge on any atom is 0.305 e. The first-order valence-corrected chi connectivity index (χ1v) is 19.8. The molecule has 45 heavy (non-hydrogen) atoms. The second-order valence-corrected chi connectivity index (χ2v) is 18.7. The van der Waals surface area contributed by atoms with E-state index in [1.165, 1.54) is 12.3 Å². The highest BCUT2D eigenvalue weighted by molar-refractivity contribution is 9.10. The zero-order chi connectivity index (χ0) is 32.5. The van der Waals surface area contributed by atoms with Crippen LogP contribution in [0.1, 0.15) is 51.0 Å². The minimum absolute atomic E-state index is 0.0371. The van der Waals surface area contributed by atoms with Gasteiger partial charge < -0.3 is 29.1 Å². The largest absolute Gasteiger partial charge is 0.497 e. The number of hydrogen-bond acceptors (Lipinski definition) is 7. The molecule has 244 valence electrons. The van der Waals surface area contributed by atoms with Crippen molar-refractivity contribution >= 4 is 52.7 Å². The molecule has 11 heteroatoms. The van der Waals surface area contributed by atoms with E-state index in [4.69, 9.17) is 14.2 Å². The van der Waals surface area contributed by atoms with E-state index in [9.17, 15) is 19.5 Å². The number of carbonyl (C=O) groups excluding carboxylic acids is 3. The fourth-order valence-corrected chi connectivity index (χ4v) is 12.4. The number of unbranched alkanes of at least 4 members (excludes halogenated alkanes) is 1. The van der Waals surface area contributed by atoms with Gasteiger partial charge in [0.05, 0.1) is 53.2 Å². The number of aliphatic hydroxyl groups excluding tert-OH is 1. The summed E-state index contributed by atoms with van der Waals surface area (Å²) < 4.78 is 18.2. The lowest BCUT2D eigenvalue weighted by Crippen LogP contribution is -2.52. The minimum atomic E-state index is -2.40. The van der Waals surface area contributed by atoms with Gasteiger partial charge in [-0.3, -0.25) is 14.4 Å². The number of benzene rings is 2. The average Bonchev–Trinajstić information content (AvgIpc) is 3.69. The molecule has 3 aliphatic rings. The summed E-state index contributed by atoms with van der Waals surface area (Å²) in [5.41, 5.74) is 0.300. The lowest BCUT2D eigenvalue weighted by atomic mass is 9.82. The number of aliphatic hydroxyl groups is 1. The Labute approximate surface area is 275 Å². The Bertz CT molecular complexity index is 1420. The molecule has 1 spiro atoms. The van der Waals surface area contributed by atoms with Crippen molar-refractivity contribution in [1.29, 1.82) is 0 Å². The molecule has 1 N–H and O–H groups in total. The summed E-state index contributed by atoms with van der Waals surface area (Å²) in [5, 5.41) is 11.2. The molecule has 0 unspecified atom stereocenters. The van der Waals surface area contributed by atoms with E-state index < -0.39 is 19.8 Å². The molecule has 2 aromatic rings. The molecule has 2 saturated heterocycles. The molecule has 0 aromatic heterocycles. The summed E-state index contributed by atoms with van der Waals surface area (Å²) in [7, 11) is 0.627. The van der Waals surface area contributed by atoms with Crippen LogP contribution in [0.3, 0.4) is 0 Å². The molecule has 9 nitrogen and oxygen atoms in total. The number of rotatable bonds is 11. The summed E-state index contributed by atoms with van der Waals surface area (Å²) in [4.78, 5) is 43.9. The lowest BCUT2D eigenvalue weighted by Gasteiger charge is -2.37. The molecule has 2 aromatic carbocycles. The predicted molar refractivity (Wildman–Crippen MR) is 178 cm³/mol. The van der Waals surface area contributed by atoms with Gasteiger partial charge in [-0.15, -0.1) is 0 Å². The van der Waals surface area contributed by atoms with Crippen LogP contribution in [0.5, 0.6) is 5.75 Å². The van der Waals surface area contributed by atoms with Crippen LogP contribution < -0.4 is 14.8 Å². The van der Waals surface area contributed by atoms with E-state index >= 15 is 0 Å². The van der Waals surface area contributed by atoms with E-state index in [-0.39, 0.29) is 48.3 Å². The average molecular weight is 702 g/mol. The lowest BCUT2D eigenvalue weighted by molar-refractivity contribution is -0.150. The third-order valence-electron chi connectivity index (χ3n) is 10.3. The van der Waals surface area contributed by atoms with Crippen LogP contribution in [0.4, 0.5) is 5.69 Å². The second-order valence-electron chi connectivity index (χ2n) is 13.1. The first-order valence-electron chi connectivity index (χ1n) is 15.9. The van der Waals surface area contributed by atoms with Gasteiger partial charge in [0.1, 0.15) is 5.75 Å². The summed E-state index contributed by atoms with van der Waals surface area (Å²) in [6, 6.07) is 13.9. The zero-order valence-corrected chi connectivity index (χ0v) is 29.5. The van der Waals surface area contributed by atoms with Crippen molar-refractivity contribution < 1.29 is 33.7 Å². The molecule has 0 saturated carbocycles. The standard InChI is InChI=1S/C34H45BrN2O7Si/c1-22-32(45(4,5)26-14-12-25(42-2)13-15-26)29(20-30(39)36-18-8-9-24(36)21-38)44-34(22)27-19-23(35)11-16-28(27)37(33(34)41)17-7-6-10-31(40)43-3/h11-16,19,22,24,29,32,38H,6-10,17-18,20-21H2,1-5H3/t22-,24-,29+,32-,34+/m0/s1. The third kappa shape index (κ3) is 6.08. The van der Waals surface area contributed by atoms with Gasteiger partial charge in [-0.1, -0.05) is 53.3 Å². The molecule has 0 radical (unpaired) electrons. The zero-order valence-electron chi connectivity index (χ0n) is 26.9. The maximum absolute atomic E-state index is 14.7. The number of amides is 2. The van der Waals surface area contributed by atoms with E-state index in [0.29, 0.717) is 32.4 Å². The highest BCUT2D eigenvalue weighted by Gasteiger charge is 2.66. The molecule has 5 rings (SSSR count). The number of methoxy groups -OCH3 is 2. The van der Waals surface area contributed by atoms with Crippen molar-refractivity contribution in [2.75, 3.05) is 38.8 Å². The Morgan fingerprint density at radius 3 is 2.53 bits per heavy atom. The van der Waals surface area contributed by atoms with Crippen LogP contribution in [0.25, 0.3) is 0 Å². The molecule has 0 bridgehead atoms. The topological polar surface area (TPSA) is 106 Å². The van der Waals surface area contributed by atoms with Gasteiger partial charge in [0.15, 0.2) is 5.60 Å². The van der Waals surface area contributed by atoms with Crippen molar-refractivity contribution in [2.45, 2.75) is 81.8 Å². The number of hydrogen-bond donors (Lipinski definition) is 1. The molecule has 2 amide bonds. The molecule has 2 fully saturated rings. The number of ether oxygens (including phenoxy) is 3. The van der Waals surface area contributed by atoms with Crippen LogP contribution in [0.2, 0.25) is 18.6 Å². The van der Waals surface area contributed by atoms with Crippen molar-refractivity contribution in [3.63, 3.8) is 0 Å². The SMILES string of the molecule is COC(=O)CCCCN1C(=O)[C@]2(O[C@H](CC(=O)N3CCC[C@H]3CO)[C@@H]([Si](C)(C)c3ccc(OC)cc3)[C@@H]2C)c2cc(Br)ccc21. The quantitative estimate of drug-likeness (QED) is 0.205. The number of esters is 1. The Hall–Kier alpha value is -2.73. The first-order chi connectivity index (χ1) is 21.5. The number of halogens is 1. The molecule has 0 aliphatic carbocycles. The van der Waals surface area contributed by atoms with Crippen molar-refractivity contribution in [2.24, 2.45) is 5.92 Å². The fraction of sp³-hybridized carbons (Fsp3) is 0.559. The molecule has 3 heterocycles. The summed E-state index contributed by atoms with van der Waals surface area (Å²) >= 11 is 3.64. The van der Waals surface area contributed by atoms with Crippen LogP contribution in [0.15, 0.2) is 46.9 Å². The number of anilines is 1. The molecular formula is C34H45BrN2O7Si. The van der Waals surface area contributed by atoms with Gasteiger partial charge in [0, 0.05) is 35.5 Å². The summed E-state index contributed by atoms with van der Waals surface area (Å²) in [5.74, 6) is 0.129. The minimum Gasteiger partial charge on any atom is -0.497 e. The Balaban J connectivity index is 1.54. The number of fused-ring (bicyclic) bond motifs is 2. The van der Waals surface area contributed by atoms with Crippen molar-refractivity contribution in [3.8, 4) is 5.75 Å². The number of carbonyl (C=O) groups is 3. The van der Waals surface area contributed by atoms with Gasteiger partial charge in [-0.05, 0) is 61.6 Å². The van der Waals surface area contributed by atoms with E-state index in [2.05, 4.69) is 48.1 Å². The highest BCUT2D eigenvalue weighted by Crippen LogP contribution is 2.60. The van der Waals surface area contributed by atoms with Crippen LogP contribution in [-0.2, 0) is 29.5 Å². The van der Waals surface area contributed by atoms with Gasteiger partial charge in [0.2, 0.25) is 5.91 Å². The van der Waals surface area contributed by atoms with Gasteiger partial charge in [0.25, 0.3) is 5.91 Å². The Morgan fingerprint density at radius 1 is 1.13 bits per heavy atom. The Morgan fingerprint density at radius 2 is 1.87 bits per heavy atom. The third-order valence-corrected chi connectivity index (χ3v) is 15.2. The van der Waals surface area contributed by atoms with Gasteiger partial charge in [-0.2, -0.15) is 0 Å². The van der Waals surface area contributed by atoms with E-state index in [1.807, 2.05) is 30.3 Å². The smallest absolute Gasteiger partial charge is 0.305 e. The monoisotopic (exact) mass is 700 g/mol. The van der Waals surface area contributed by atoms with Crippen LogP contribution in [-0.4, -0.2) is 81.9 Å². The summed E-state index contributed by atoms with van der Waals surface area (Å²) in [6.07, 6.45) is 2.84. The maximum atomic E-state index is 14.7. The highest BCUT2D eigenvalue weighted by atomic mass is 79.9. The number of likely N-dealkylation sites (tertiary alicyclic amines) is 1. The van der Waals surface area contributed by atoms with E-state index in [0.717, 1.165) is 34.3 Å². The molecule has 3 aliphatic heterocycles. The van der Waals surface area contributed by atoms with Crippen molar-refractivity contribution in [1.82, 2.24) is 4.90 Å². The van der Waals surface area contributed by atoms with Crippen molar-refractivity contribution in [3.05, 3.63) is 52.5 Å². The normalized spacial score (nSPS) is 26.1. The van der Waals surface area contributed by atoms with Gasteiger partial charge in [-0.25, -0.2) is 0 Å². The molecule has 5 atom stereocenters. The number of nitrogens with zero attached hydrogens (tertiary/aromatic N) is 2. The van der Waals surface area contributed by atoms with Crippen LogP contribution >= 0.6 is 15.9 Å². The van der Waals surface area contributed by atoms with E-state index in [1.54, 1.807) is 16.9 Å².